The van der Waals surface area contributed by atoms with Gasteiger partial charge < -0.3 is 20.1 Å². The topological polar surface area (TPSA) is 86.2 Å². The number of fused-ring (bicyclic) bond motifs is 1. The number of aliphatic hydroxyl groups is 1. The minimum absolute atomic E-state index is 0.0324. The fourth-order valence-electron chi connectivity index (χ4n) is 2.96. The number of benzene rings is 1. The maximum Gasteiger partial charge on any atom is 0.151 e. The Morgan fingerprint density at radius 3 is 2.79 bits per heavy atom. The Bertz CT molecular complexity index is 971. The van der Waals surface area contributed by atoms with E-state index in [0.29, 0.717) is 25.6 Å². The molecule has 3 N–H and O–H groups in total. The minimum Gasteiger partial charge on any atom is -0.395 e. The van der Waals surface area contributed by atoms with E-state index in [1.165, 1.54) is 0 Å². The van der Waals surface area contributed by atoms with Crippen molar-refractivity contribution in [3.63, 3.8) is 0 Å². The number of aliphatic hydroxyl groups excluding tert-OH is 1. The van der Waals surface area contributed by atoms with Gasteiger partial charge in [-0.2, -0.15) is 0 Å². The van der Waals surface area contributed by atoms with E-state index >= 15 is 0 Å². The Labute approximate surface area is 165 Å². The summed E-state index contributed by atoms with van der Waals surface area (Å²) in [5, 5.41) is 9.00. The number of unbranched alkanes of at least 4 members (excludes halogenated alkanes) is 1. The standard InChI is InChI=1S/C22H26N4O2/c1-2-3-12-19-24-20-18(11-7-8-13-27)14-26(21(20)22(23)25-19)16-28-15-17-9-5-4-6-10-17/h4-6,9-10,14,27H,2-3,8,12-13,15-16H2,1H3,(H2,23,24,25). The van der Waals surface area contributed by atoms with Gasteiger partial charge in [-0.15, -0.1) is 0 Å². The highest BCUT2D eigenvalue weighted by Gasteiger charge is 2.15. The fourth-order valence-corrected chi connectivity index (χ4v) is 2.96. The third-order valence-electron chi connectivity index (χ3n) is 4.34. The third kappa shape index (κ3) is 4.89. The van der Waals surface area contributed by atoms with Gasteiger partial charge in [0.25, 0.3) is 0 Å². The Hall–Kier alpha value is -2.88. The molecule has 0 aliphatic rings. The first-order valence-corrected chi connectivity index (χ1v) is 9.59. The first-order chi connectivity index (χ1) is 13.7. The van der Waals surface area contributed by atoms with Crippen molar-refractivity contribution in [3.05, 3.63) is 53.5 Å². The van der Waals surface area contributed by atoms with Gasteiger partial charge in [0.1, 0.15) is 23.6 Å². The summed E-state index contributed by atoms with van der Waals surface area (Å²) >= 11 is 0. The van der Waals surface area contributed by atoms with Crippen LogP contribution in [0.2, 0.25) is 0 Å². The van der Waals surface area contributed by atoms with Gasteiger partial charge in [0.2, 0.25) is 0 Å². The molecule has 0 spiro atoms. The van der Waals surface area contributed by atoms with Crippen molar-refractivity contribution < 1.29 is 9.84 Å². The quantitative estimate of drug-likeness (QED) is 0.588. The molecule has 0 aliphatic heterocycles. The van der Waals surface area contributed by atoms with Crippen molar-refractivity contribution in [1.82, 2.24) is 14.5 Å². The van der Waals surface area contributed by atoms with Crippen LogP contribution in [0.1, 0.15) is 43.1 Å². The van der Waals surface area contributed by atoms with Crippen LogP contribution in [0.4, 0.5) is 5.82 Å². The van der Waals surface area contributed by atoms with E-state index in [2.05, 4.69) is 23.7 Å². The summed E-state index contributed by atoms with van der Waals surface area (Å²) in [6.07, 6.45) is 5.18. The van der Waals surface area contributed by atoms with Crippen molar-refractivity contribution in [2.75, 3.05) is 12.3 Å². The van der Waals surface area contributed by atoms with E-state index in [9.17, 15) is 0 Å². The second-order valence-electron chi connectivity index (χ2n) is 6.58. The van der Waals surface area contributed by atoms with Crippen LogP contribution in [0.3, 0.4) is 0 Å². The predicted molar refractivity (Wildman–Crippen MR) is 110 cm³/mol. The van der Waals surface area contributed by atoms with Gasteiger partial charge in [-0.3, -0.25) is 0 Å². The molecular formula is C22H26N4O2. The maximum atomic E-state index is 9.00. The van der Waals surface area contributed by atoms with Crippen LogP contribution in [-0.2, 0) is 24.5 Å². The van der Waals surface area contributed by atoms with E-state index in [1.54, 1.807) is 0 Å². The molecule has 1 aromatic carbocycles. The van der Waals surface area contributed by atoms with Gasteiger partial charge in [0, 0.05) is 19.0 Å². The van der Waals surface area contributed by atoms with Crippen LogP contribution in [-0.4, -0.2) is 26.2 Å². The van der Waals surface area contributed by atoms with Crippen LogP contribution in [0.15, 0.2) is 36.5 Å². The van der Waals surface area contributed by atoms with Crippen molar-refractivity contribution in [2.45, 2.75) is 45.9 Å². The lowest BCUT2D eigenvalue weighted by atomic mass is 10.2. The summed E-state index contributed by atoms with van der Waals surface area (Å²) in [5.41, 5.74) is 9.63. The summed E-state index contributed by atoms with van der Waals surface area (Å²) in [4.78, 5) is 9.18. The smallest absolute Gasteiger partial charge is 0.151 e. The minimum atomic E-state index is 0.0324. The summed E-state index contributed by atoms with van der Waals surface area (Å²) in [5.74, 6) is 7.24. The van der Waals surface area contributed by atoms with Gasteiger partial charge in [-0.1, -0.05) is 55.5 Å². The highest BCUT2D eigenvalue weighted by molar-refractivity contribution is 5.90. The van der Waals surface area contributed by atoms with Crippen molar-refractivity contribution in [2.24, 2.45) is 0 Å². The van der Waals surface area contributed by atoms with Crippen LogP contribution in [0.5, 0.6) is 0 Å². The number of hydrogen-bond donors (Lipinski definition) is 2. The SMILES string of the molecule is CCCCc1nc(N)c2c(n1)c(C#CCCO)cn2COCc1ccccc1. The molecule has 0 bridgehead atoms. The van der Waals surface area contributed by atoms with Crippen LogP contribution in [0, 0.1) is 11.8 Å². The zero-order valence-electron chi connectivity index (χ0n) is 16.2. The molecule has 146 valence electrons. The zero-order chi connectivity index (χ0) is 19.8. The van der Waals surface area contributed by atoms with E-state index < -0.39 is 0 Å². The molecule has 2 heterocycles. The lowest BCUT2D eigenvalue weighted by Gasteiger charge is -2.09. The molecule has 0 unspecified atom stereocenters. The number of nitrogens with zero attached hydrogens (tertiary/aromatic N) is 3. The average Bonchev–Trinajstić information content (AvgIpc) is 3.05. The molecule has 0 fully saturated rings. The Kier molecular flexibility index (Phi) is 7.01. The molecule has 3 rings (SSSR count). The first-order valence-electron chi connectivity index (χ1n) is 9.59. The van der Waals surface area contributed by atoms with E-state index in [-0.39, 0.29) is 6.61 Å². The number of aryl methyl sites for hydroxylation is 1. The summed E-state index contributed by atoms with van der Waals surface area (Å²) < 4.78 is 7.77. The highest BCUT2D eigenvalue weighted by atomic mass is 16.5. The van der Waals surface area contributed by atoms with Crippen LogP contribution in [0.25, 0.3) is 11.0 Å². The molecular weight excluding hydrogens is 352 g/mol. The molecule has 6 nitrogen and oxygen atoms in total. The van der Waals surface area contributed by atoms with Gasteiger partial charge in [0.05, 0.1) is 18.8 Å². The lowest BCUT2D eigenvalue weighted by molar-refractivity contribution is 0.0668. The Morgan fingerprint density at radius 1 is 1.21 bits per heavy atom. The molecule has 0 atom stereocenters. The van der Waals surface area contributed by atoms with E-state index in [0.717, 1.165) is 47.2 Å². The first kappa shape index (κ1) is 19.9. The fraction of sp³-hybridized carbons (Fsp3) is 0.364. The number of aromatic nitrogens is 3. The molecule has 2 aromatic heterocycles. The Balaban J connectivity index is 1.89. The number of rotatable bonds is 8. The largest absolute Gasteiger partial charge is 0.395 e. The van der Waals surface area contributed by atoms with E-state index in [1.807, 2.05) is 41.1 Å². The molecule has 0 aliphatic carbocycles. The number of hydrogen-bond acceptors (Lipinski definition) is 5. The molecule has 28 heavy (non-hydrogen) atoms. The van der Waals surface area contributed by atoms with Crippen molar-refractivity contribution in [1.29, 1.82) is 0 Å². The Morgan fingerprint density at radius 2 is 2.04 bits per heavy atom. The number of nitrogens with two attached hydrogens (primary N) is 1. The maximum absolute atomic E-state index is 9.00. The highest BCUT2D eigenvalue weighted by Crippen LogP contribution is 2.24. The van der Waals surface area contributed by atoms with Crippen molar-refractivity contribution in [3.8, 4) is 11.8 Å². The predicted octanol–water partition coefficient (Wildman–Crippen LogP) is 3.26. The molecule has 6 heteroatoms. The molecule has 0 saturated carbocycles. The van der Waals surface area contributed by atoms with Gasteiger partial charge in [0.15, 0.2) is 5.82 Å². The average molecular weight is 378 g/mol. The monoisotopic (exact) mass is 378 g/mol. The second kappa shape index (κ2) is 9.88. The van der Waals surface area contributed by atoms with Crippen LogP contribution >= 0.6 is 0 Å². The summed E-state index contributed by atoms with van der Waals surface area (Å²) in [6.45, 7) is 3.00. The number of nitrogen functional groups attached to an aromatic ring is 1. The third-order valence-corrected chi connectivity index (χ3v) is 4.34. The molecule has 0 radical (unpaired) electrons. The number of anilines is 1. The number of ether oxygens (including phenoxy) is 1. The van der Waals surface area contributed by atoms with Gasteiger partial charge in [-0.25, -0.2) is 9.97 Å². The van der Waals surface area contributed by atoms with Crippen molar-refractivity contribution >= 4 is 16.9 Å². The molecule has 3 aromatic rings. The molecule has 0 saturated heterocycles. The summed E-state index contributed by atoms with van der Waals surface area (Å²) in [7, 11) is 0. The van der Waals surface area contributed by atoms with Gasteiger partial charge in [-0.05, 0) is 12.0 Å². The van der Waals surface area contributed by atoms with E-state index in [4.69, 9.17) is 20.6 Å². The second-order valence-corrected chi connectivity index (χ2v) is 6.58. The van der Waals surface area contributed by atoms with Crippen LogP contribution < -0.4 is 5.73 Å². The zero-order valence-corrected chi connectivity index (χ0v) is 16.2. The lowest BCUT2D eigenvalue weighted by Crippen LogP contribution is -2.06. The van der Waals surface area contributed by atoms with Gasteiger partial charge >= 0.3 is 0 Å². The molecule has 0 amide bonds. The normalized spacial score (nSPS) is 10.8. The summed E-state index contributed by atoms with van der Waals surface area (Å²) in [6, 6.07) is 10.0.